The van der Waals surface area contributed by atoms with E-state index in [-0.39, 0.29) is 0 Å². The molecule has 0 aliphatic rings. The maximum absolute atomic E-state index is 9.93. The normalized spacial score (nSPS) is 18.2. The van der Waals surface area contributed by atoms with Crippen LogP contribution in [0.25, 0.3) is 0 Å². The summed E-state index contributed by atoms with van der Waals surface area (Å²) in [6.45, 7) is 11.3. The summed E-state index contributed by atoms with van der Waals surface area (Å²) < 4.78 is 0. The van der Waals surface area contributed by atoms with Gasteiger partial charge in [-0.25, -0.2) is 0 Å². The Morgan fingerprint density at radius 3 is 2.29 bits per heavy atom. The van der Waals surface area contributed by atoms with Crippen molar-refractivity contribution in [1.82, 2.24) is 5.32 Å². The van der Waals surface area contributed by atoms with E-state index in [1.165, 1.54) is 6.42 Å². The summed E-state index contributed by atoms with van der Waals surface area (Å²) in [7, 11) is 0. The fourth-order valence-corrected chi connectivity index (χ4v) is 1.81. The second-order valence-electron chi connectivity index (χ2n) is 5.16. The fraction of sp³-hybridized carbons (Fsp3) is 1.00. The molecule has 0 radical (unpaired) electrons. The maximum atomic E-state index is 9.93. The van der Waals surface area contributed by atoms with Crippen molar-refractivity contribution in [3.05, 3.63) is 0 Å². The molecule has 0 bridgehead atoms. The maximum Gasteiger partial charge on any atom is 0.0743 e. The van der Waals surface area contributed by atoms with Crippen molar-refractivity contribution >= 4 is 0 Å². The van der Waals surface area contributed by atoms with E-state index in [2.05, 4.69) is 33.0 Å². The Morgan fingerprint density at radius 1 is 1.29 bits per heavy atom. The molecule has 86 valence electrons. The monoisotopic (exact) mass is 201 g/mol. The molecule has 0 fully saturated rings. The van der Waals surface area contributed by atoms with Crippen LogP contribution in [-0.2, 0) is 0 Å². The van der Waals surface area contributed by atoms with E-state index in [4.69, 9.17) is 0 Å². The summed E-state index contributed by atoms with van der Waals surface area (Å²) in [4.78, 5) is 0. The second kappa shape index (κ2) is 6.41. The predicted molar refractivity (Wildman–Crippen MR) is 62.5 cm³/mol. The number of hydrogen-bond acceptors (Lipinski definition) is 2. The van der Waals surface area contributed by atoms with E-state index >= 15 is 0 Å². The molecule has 0 aromatic carbocycles. The van der Waals surface area contributed by atoms with Crippen LogP contribution in [0.15, 0.2) is 0 Å². The number of aliphatic hydroxyl groups is 1. The van der Waals surface area contributed by atoms with E-state index < -0.39 is 5.60 Å². The van der Waals surface area contributed by atoms with E-state index in [0.29, 0.717) is 18.5 Å². The zero-order valence-corrected chi connectivity index (χ0v) is 10.4. The smallest absolute Gasteiger partial charge is 0.0743 e. The molecule has 2 heteroatoms. The minimum Gasteiger partial charge on any atom is -0.389 e. The Bertz CT molecular complexity index is 143. The molecule has 2 nitrogen and oxygen atoms in total. The zero-order chi connectivity index (χ0) is 11.2. The van der Waals surface area contributed by atoms with Crippen molar-refractivity contribution in [2.24, 2.45) is 5.92 Å². The minimum atomic E-state index is -0.542. The average Bonchev–Trinajstić information content (AvgIpc) is 2.00. The van der Waals surface area contributed by atoms with Gasteiger partial charge >= 0.3 is 0 Å². The van der Waals surface area contributed by atoms with Crippen LogP contribution >= 0.6 is 0 Å². The molecule has 0 aromatic rings. The summed E-state index contributed by atoms with van der Waals surface area (Å²) in [6, 6.07) is 0.498. The van der Waals surface area contributed by atoms with Crippen molar-refractivity contribution < 1.29 is 5.11 Å². The highest BCUT2D eigenvalue weighted by Crippen LogP contribution is 2.11. The Hall–Kier alpha value is -0.0800. The summed E-state index contributed by atoms with van der Waals surface area (Å²) in [6.07, 6.45) is 3.07. The van der Waals surface area contributed by atoms with Crippen LogP contribution in [0.4, 0.5) is 0 Å². The van der Waals surface area contributed by atoms with Crippen molar-refractivity contribution in [3.8, 4) is 0 Å². The third-order valence-electron chi connectivity index (χ3n) is 2.44. The molecule has 14 heavy (non-hydrogen) atoms. The Balaban J connectivity index is 3.69. The minimum absolute atomic E-state index is 0.498. The van der Waals surface area contributed by atoms with Crippen LogP contribution in [0.1, 0.15) is 53.9 Å². The summed E-state index contributed by atoms with van der Waals surface area (Å²) >= 11 is 0. The zero-order valence-electron chi connectivity index (χ0n) is 10.4. The number of nitrogens with one attached hydrogen (secondary N) is 1. The molecule has 0 aromatic heterocycles. The van der Waals surface area contributed by atoms with Gasteiger partial charge in [0.1, 0.15) is 0 Å². The lowest BCUT2D eigenvalue weighted by Crippen LogP contribution is -2.41. The lowest BCUT2D eigenvalue weighted by Gasteiger charge is -2.26. The third-order valence-corrected chi connectivity index (χ3v) is 2.44. The topological polar surface area (TPSA) is 32.3 Å². The van der Waals surface area contributed by atoms with Gasteiger partial charge in [-0.3, -0.25) is 0 Å². The lowest BCUT2D eigenvalue weighted by molar-refractivity contribution is 0.0470. The van der Waals surface area contributed by atoms with Crippen LogP contribution in [-0.4, -0.2) is 23.3 Å². The standard InChI is InChI=1S/C12H27NO/c1-6-7-12(5,14)9-13-11(4)8-10(2)3/h10-11,13-14H,6-9H2,1-5H3. The van der Waals surface area contributed by atoms with Gasteiger partial charge in [0.05, 0.1) is 5.60 Å². The van der Waals surface area contributed by atoms with Crippen LogP contribution in [0.5, 0.6) is 0 Å². The van der Waals surface area contributed by atoms with Gasteiger partial charge in [0.25, 0.3) is 0 Å². The Morgan fingerprint density at radius 2 is 1.86 bits per heavy atom. The Labute approximate surface area is 89.1 Å². The van der Waals surface area contributed by atoms with Gasteiger partial charge in [-0.1, -0.05) is 27.2 Å². The predicted octanol–water partition coefficient (Wildman–Crippen LogP) is 2.56. The molecule has 0 saturated carbocycles. The number of hydrogen-bond donors (Lipinski definition) is 2. The van der Waals surface area contributed by atoms with Crippen LogP contribution in [0, 0.1) is 5.92 Å². The summed E-state index contributed by atoms with van der Waals surface area (Å²) in [5.74, 6) is 0.716. The van der Waals surface area contributed by atoms with Crippen molar-refractivity contribution in [2.75, 3.05) is 6.54 Å². The van der Waals surface area contributed by atoms with Crippen LogP contribution in [0.2, 0.25) is 0 Å². The molecule has 0 amide bonds. The average molecular weight is 201 g/mol. The molecule has 2 N–H and O–H groups in total. The van der Waals surface area contributed by atoms with E-state index in [1.54, 1.807) is 0 Å². The Kier molecular flexibility index (Phi) is 6.38. The van der Waals surface area contributed by atoms with Gasteiger partial charge in [-0.2, -0.15) is 0 Å². The van der Waals surface area contributed by atoms with E-state index in [1.807, 2.05) is 6.92 Å². The highest BCUT2D eigenvalue weighted by atomic mass is 16.3. The first-order chi connectivity index (χ1) is 6.37. The molecule has 2 unspecified atom stereocenters. The van der Waals surface area contributed by atoms with Gasteiger partial charge in [-0.05, 0) is 32.6 Å². The molecule has 0 heterocycles. The van der Waals surface area contributed by atoms with Crippen LogP contribution < -0.4 is 5.32 Å². The van der Waals surface area contributed by atoms with E-state index in [9.17, 15) is 5.11 Å². The van der Waals surface area contributed by atoms with Gasteiger partial charge in [0.15, 0.2) is 0 Å². The highest BCUT2D eigenvalue weighted by Gasteiger charge is 2.19. The van der Waals surface area contributed by atoms with Gasteiger partial charge in [0, 0.05) is 12.6 Å². The molecular weight excluding hydrogens is 174 g/mol. The third kappa shape index (κ3) is 7.34. The van der Waals surface area contributed by atoms with Gasteiger partial charge in [0.2, 0.25) is 0 Å². The molecule has 0 spiro atoms. The van der Waals surface area contributed by atoms with Crippen molar-refractivity contribution in [3.63, 3.8) is 0 Å². The second-order valence-corrected chi connectivity index (χ2v) is 5.16. The quantitative estimate of drug-likeness (QED) is 0.663. The molecular formula is C12H27NO. The van der Waals surface area contributed by atoms with E-state index in [0.717, 1.165) is 12.8 Å². The summed E-state index contributed by atoms with van der Waals surface area (Å²) in [5, 5.41) is 13.3. The van der Waals surface area contributed by atoms with Crippen LogP contribution in [0.3, 0.4) is 0 Å². The van der Waals surface area contributed by atoms with Crippen molar-refractivity contribution in [2.45, 2.75) is 65.5 Å². The highest BCUT2D eigenvalue weighted by molar-refractivity contribution is 4.76. The summed E-state index contributed by atoms with van der Waals surface area (Å²) in [5.41, 5.74) is -0.542. The molecule has 0 aliphatic carbocycles. The first kappa shape index (κ1) is 13.9. The molecule has 0 saturated heterocycles. The lowest BCUT2D eigenvalue weighted by atomic mass is 9.99. The van der Waals surface area contributed by atoms with Crippen molar-refractivity contribution in [1.29, 1.82) is 0 Å². The van der Waals surface area contributed by atoms with Gasteiger partial charge in [-0.15, -0.1) is 0 Å². The largest absolute Gasteiger partial charge is 0.389 e. The first-order valence-corrected chi connectivity index (χ1v) is 5.83. The molecule has 0 rings (SSSR count). The SMILES string of the molecule is CCCC(C)(O)CNC(C)CC(C)C. The first-order valence-electron chi connectivity index (χ1n) is 5.83. The number of rotatable bonds is 7. The molecule has 0 aliphatic heterocycles. The molecule has 2 atom stereocenters. The van der Waals surface area contributed by atoms with Gasteiger partial charge < -0.3 is 10.4 Å². The fourth-order valence-electron chi connectivity index (χ4n) is 1.81.